The standard InChI is InChI=1S/C24H29N3O3S/c1-4-24(2,3)18-14-16(8-9-20(18)28)19-7-5-6-17(25-19)15-21-22(29)26-23(31-21)27-10-12-30-13-11-27/h5-9,14,21,28H,4,10-13,15H2,1-3H3. The maximum Gasteiger partial charge on any atom is 0.262 e. The summed E-state index contributed by atoms with van der Waals surface area (Å²) in [5.41, 5.74) is 3.47. The van der Waals surface area contributed by atoms with Crippen molar-refractivity contribution in [2.75, 3.05) is 26.3 Å². The van der Waals surface area contributed by atoms with Crippen molar-refractivity contribution in [3.63, 3.8) is 0 Å². The van der Waals surface area contributed by atoms with Crippen LogP contribution in [0.1, 0.15) is 38.4 Å². The van der Waals surface area contributed by atoms with Gasteiger partial charge in [0.15, 0.2) is 5.17 Å². The molecule has 1 atom stereocenters. The number of ether oxygens (including phenoxy) is 1. The molecule has 1 unspecified atom stereocenters. The van der Waals surface area contributed by atoms with Gasteiger partial charge in [-0.2, -0.15) is 4.99 Å². The number of hydrogen-bond acceptors (Lipinski definition) is 6. The molecule has 1 saturated heterocycles. The molecule has 1 aromatic carbocycles. The molecular formula is C24H29N3O3S. The summed E-state index contributed by atoms with van der Waals surface area (Å²) >= 11 is 1.53. The van der Waals surface area contributed by atoms with Crippen molar-refractivity contribution in [1.29, 1.82) is 0 Å². The summed E-state index contributed by atoms with van der Waals surface area (Å²) in [6.07, 6.45) is 1.46. The smallest absolute Gasteiger partial charge is 0.262 e. The third-order valence-electron chi connectivity index (χ3n) is 6.12. The number of phenolic OH excluding ortho intramolecular Hbond substituents is 1. The van der Waals surface area contributed by atoms with Crippen molar-refractivity contribution in [1.82, 2.24) is 9.88 Å². The van der Waals surface area contributed by atoms with E-state index in [2.05, 4.69) is 30.7 Å². The van der Waals surface area contributed by atoms with Crippen LogP contribution in [0.5, 0.6) is 5.75 Å². The Hall–Kier alpha value is -2.38. The number of carbonyl (C=O) groups is 1. The van der Waals surface area contributed by atoms with Gasteiger partial charge in [0.2, 0.25) is 0 Å². The van der Waals surface area contributed by atoms with Gasteiger partial charge in [-0.1, -0.05) is 38.6 Å². The Morgan fingerprint density at radius 1 is 1.23 bits per heavy atom. The fourth-order valence-corrected chi connectivity index (χ4v) is 4.91. The number of amidine groups is 1. The summed E-state index contributed by atoms with van der Waals surface area (Å²) in [5, 5.41) is 10.9. The van der Waals surface area contributed by atoms with Crippen molar-refractivity contribution in [2.45, 2.75) is 44.3 Å². The second kappa shape index (κ2) is 9.01. The van der Waals surface area contributed by atoms with Crippen LogP contribution >= 0.6 is 11.8 Å². The van der Waals surface area contributed by atoms with E-state index < -0.39 is 0 Å². The number of aromatic hydroxyl groups is 1. The topological polar surface area (TPSA) is 75.0 Å². The van der Waals surface area contributed by atoms with Gasteiger partial charge in [-0.25, -0.2) is 0 Å². The van der Waals surface area contributed by atoms with Crippen molar-refractivity contribution in [3.8, 4) is 17.0 Å². The van der Waals surface area contributed by atoms with Crippen LogP contribution in [0.2, 0.25) is 0 Å². The molecule has 1 fully saturated rings. The van der Waals surface area contributed by atoms with E-state index in [1.807, 2.05) is 30.3 Å². The van der Waals surface area contributed by atoms with Gasteiger partial charge in [0.1, 0.15) is 5.75 Å². The Kier molecular flexibility index (Phi) is 6.34. The highest BCUT2D eigenvalue weighted by Crippen LogP contribution is 2.36. The van der Waals surface area contributed by atoms with E-state index in [0.717, 1.165) is 47.2 Å². The lowest BCUT2D eigenvalue weighted by atomic mass is 9.81. The van der Waals surface area contributed by atoms with E-state index in [1.165, 1.54) is 11.8 Å². The molecule has 2 aliphatic rings. The summed E-state index contributed by atoms with van der Waals surface area (Å²) < 4.78 is 5.39. The lowest BCUT2D eigenvalue weighted by molar-refractivity contribution is -0.117. The van der Waals surface area contributed by atoms with E-state index in [1.54, 1.807) is 6.07 Å². The summed E-state index contributed by atoms with van der Waals surface area (Å²) in [5.74, 6) is 0.225. The normalized spacial score (nSPS) is 19.6. The van der Waals surface area contributed by atoms with Crippen LogP contribution in [0.25, 0.3) is 11.3 Å². The second-order valence-electron chi connectivity index (χ2n) is 8.63. The number of rotatable bonds is 5. The number of carbonyl (C=O) groups excluding carboxylic acids is 1. The van der Waals surface area contributed by atoms with Crippen LogP contribution in [0.3, 0.4) is 0 Å². The molecule has 0 spiro atoms. The molecule has 3 heterocycles. The molecule has 4 rings (SSSR count). The van der Waals surface area contributed by atoms with Crippen molar-refractivity contribution in [2.24, 2.45) is 4.99 Å². The van der Waals surface area contributed by atoms with Crippen molar-refractivity contribution >= 4 is 22.8 Å². The minimum absolute atomic E-state index is 0.0877. The summed E-state index contributed by atoms with van der Waals surface area (Å²) in [7, 11) is 0. The molecule has 31 heavy (non-hydrogen) atoms. The van der Waals surface area contributed by atoms with Crippen LogP contribution < -0.4 is 0 Å². The van der Waals surface area contributed by atoms with Gasteiger partial charge in [-0.05, 0) is 42.2 Å². The van der Waals surface area contributed by atoms with E-state index in [-0.39, 0.29) is 16.6 Å². The molecule has 0 bridgehead atoms. The monoisotopic (exact) mass is 439 g/mol. The predicted molar refractivity (Wildman–Crippen MR) is 125 cm³/mol. The summed E-state index contributed by atoms with van der Waals surface area (Å²) in [6.45, 7) is 9.27. The molecule has 0 radical (unpaired) electrons. The number of amides is 1. The van der Waals surface area contributed by atoms with Crippen molar-refractivity contribution in [3.05, 3.63) is 47.7 Å². The number of phenols is 1. The van der Waals surface area contributed by atoms with Gasteiger partial charge >= 0.3 is 0 Å². The minimum atomic E-state index is -0.241. The molecule has 1 N–H and O–H groups in total. The largest absolute Gasteiger partial charge is 0.508 e. The van der Waals surface area contributed by atoms with Gasteiger partial charge in [0, 0.05) is 36.3 Å². The van der Waals surface area contributed by atoms with E-state index in [9.17, 15) is 9.90 Å². The Morgan fingerprint density at radius 3 is 2.74 bits per heavy atom. The van der Waals surface area contributed by atoms with Crippen LogP contribution in [-0.4, -0.2) is 57.6 Å². The van der Waals surface area contributed by atoms with E-state index in [4.69, 9.17) is 9.72 Å². The number of pyridine rings is 1. The van der Waals surface area contributed by atoms with Crippen LogP contribution in [0, 0.1) is 0 Å². The maximum absolute atomic E-state index is 12.5. The first-order chi connectivity index (χ1) is 14.9. The van der Waals surface area contributed by atoms with Crippen LogP contribution in [0.15, 0.2) is 41.4 Å². The zero-order valence-corrected chi connectivity index (χ0v) is 19.1. The highest BCUT2D eigenvalue weighted by atomic mass is 32.2. The Labute approximate surface area is 187 Å². The SMILES string of the molecule is CCC(C)(C)c1cc(-c2cccc(CC3SC(N4CCOCC4)=NC3=O)n2)ccc1O. The summed E-state index contributed by atoms with van der Waals surface area (Å²) in [4.78, 5) is 23.7. The summed E-state index contributed by atoms with van der Waals surface area (Å²) in [6, 6.07) is 11.6. The third-order valence-corrected chi connectivity index (χ3v) is 7.33. The number of benzene rings is 1. The fraction of sp³-hybridized carbons (Fsp3) is 0.458. The van der Waals surface area contributed by atoms with Gasteiger partial charge in [0.05, 0.1) is 24.2 Å². The molecule has 2 aliphatic heterocycles. The Morgan fingerprint density at radius 2 is 2.00 bits per heavy atom. The van der Waals surface area contributed by atoms with Gasteiger partial charge < -0.3 is 14.7 Å². The molecular weight excluding hydrogens is 410 g/mol. The van der Waals surface area contributed by atoms with E-state index >= 15 is 0 Å². The zero-order valence-electron chi connectivity index (χ0n) is 18.3. The number of aromatic nitrogens is 1. The minimum Gasteiger partial charge on any atom is -0.508 e. The predicted octanol–water partition coefficient (Wildman–Crippen LogP) is 4.01. The number of aliphatic imine (C=N–C) groups is 1. The number of morpholine rings is 1. The first-order valence-electron chi connectivity index (χ1n) is 10.8. The molecule has 1 amide bonds. The highest BCUT2D eigenvalue weighted by molar-refractivity contribution is 8.15. The molecule has 0 saturated carbocycles. The zero-order chi connectivity index (χ0) is 22.0. The molecule has 0 aliphatic carbocycles. The maximum atomic E-state index is 12.5. The fourth-order valence-electron chi connectivity index (χ4n) is 3.77. The Bertz CT molecular complexity index is 999. The lowest BCUT2D eigenvalue weighted by Gasteiger charge is -2.27. The molecule has 164 valence electrons. The number of nitrogens with zero attached hydrogens (tertiary/aromatic N) is 3. The average Bonchev–Trinajstić information content (AvgIpc) is 3.15. The van der Waals surface area contributed by atoms with Crippen LogP contribution in [0.4, 0.5) is 0 Å². The van der Waals surface area contributed by atoms with Crippen molar-refractivity contribution < 1.29 is 14.6 Å². The Balaban J connectivity index is 1.51. The molecule has 7 heteroatoms. The number of hydrogen-bond donors (Lipinski definition) is 1. The quantitative estimate of drug-likeness (QED) is 0.759. The highest BCUT2D eigenvalue weighted by Gasteiger charge is 2.32. The van der Waals surface area contributed by atoms with E-state index in [0.29, 0.717) is 25.4 Å². The van der Waals surface area contributed by atoms with Gasteiger partial charge in [-0.3, -0.25) is 9.78 Å². The van der Waals surface area contributed by atoms with Gasteiger partial charge in [-0.15, -0.1) is 0 Å². The third kappa shape index (κ3) is 4.77. The number of thioether (sulfide) groups is 1. The molecule has 6 nitrogen and oxygen atoms in total. The molecule has 1 aromatic heterocycles. The average molecular weight is 440 g/mol. The van der Waals surface area contributed by atoms with Crippen LogP contribution in [-0.2, 0) is 21.4 Å². The second-order valence-corrected chi connectivity index (χ2v) is 9.80. The lowest BCUT2D eigenvalue weighted by Crippen LogP contribution is -2.39. The van der Waals surface area contributed by atoms with Gasteiger partial charge in [0.25, 0.3) is 5.91 Å². The molecule has 2 aromatic rings. The first kappa shape index (κ1) is 21.8. The first-order valence-corrected chi connectivity index (χ1v) is 11.7.